The Morgan fingerprint density at radius 1 is 1.53 bits per heavy atom. The summed E-state index contributed by atoms with van der Waals surface area (Å²) >= 11 is 0. The van der Waals surface area contributed by atoms with Crippen LogP contribution >= 0.6 is 0 Å². The maximum Gasteiger partial charge on any atom is 0.244 e. The van der Waals surface area contributed by atoms with Crippen LogP contribution in [0.1, 0.15) is 19.3 Å². The van der Waals surface area contributed by atoms with Gasteiger partial charge in [0, 0.05) is 25.2 Å². The number of hydrogen-bond acceptors (Lipinski definition) is 4. The van der Waals surface area contributed by atoms with Crippen LogP contribution in [0.5, 0.6) is 0 Å². The first kappa shape index (κ1) is 13.9. The molecule has 6 nitrogen and oxygen atoms in total. The zero-order valence-electron chi connectivity index (χ0n) is 10.2. The Kier molecular flexibility index (Phi) is 3.81. The van der Waals surface area contributed by atoms with Gasteiger partial charge in [-0.15, -0.1) is 0 Å². The smallest absolute Gasteiger partial charge is 0.244 e. The van der Waals surface area contributed by atoms with Crippen molar-refractivity contribution in [2.24, 2.45) is 5.73 Å². The molecule has 1 aromatic rings. The van der Waals surface area contributed by atoms with Crippen molar-refractivity contribution < 1.29 is 12.8 Å². The lowest BCUT2D eigenvalue weighted by Crippen LogP contribution is -2.35. The van der Waals surface area contributed by atoms with E-state index in [4.69, 9.17) is 11.1 Å². The van der Waals surface area contributed by atoms with Gasteiger partial charge in [-0.2, -0.15) is 4.31 Å². The van der Waals surface area contributed by atoms with Crippen LogP contribution in [0.25, 0.3) is 0 Å². The second-order valence-electron chi connectivity index (χ2n) is 4.46. The van der Waals surface area contributed by atoms with Crippen LogP contribution in [0.2, 0.25) is 0 Å². The molecule has 1 aliphatic rings. The molecule has 1 fully saturated rings. The fourth-order valence-electron chi connectivity index (χ4n) is 1.76. The summed E-state index contributed by atoms with van der Waals surface area (Å²) in [6, 6.07) is 0.874. The summed E-state index contributed by atoms with van der Waals surface area (Å²) in [4.78, 5) is 3.40. The van der Waals surface area contributed by atoms with Gasteiger partial charge in [0.2, 0.25) is 10.0 Å². The van der Waals surface area contributed by atoms with Crippen LogP contribution in [0, 0.1) is 11.2 Å². The van der Waals surface area contributed by atoms with Crippen LogP contribution in [0.4, 0.5) is 4.39 Å². The van der Waals surface area contributed by atoms with Gasteiger partial charge in [0.05, 0.1) is 12.0 Å². The average molecular weight is 286 g/mol. The van der Waals surface area contributed by atoms with Crippen molar-refractivity contribution >= 4 is 15.9 Å². The molecule has 0 aliphatic heterocycles. The number of halogens is 1. The van der Waals surface area contributed by atoms with Gasteiger partial charge in [-0.05, 0) is 18.9 Å². The number of pyridine rings is 1. The molecule has 1 aromatic heterocycles. The lowest BCUT2D eigenvalue weighted by Gasteiger charge is -2.21. The van der Waals surface area contributed by atoms with E-state index in [-0.39, 0.29) is 29.7 Å². The normalized spacial score (nSPS) is 15.7. The van der Waals surface area contributed by atoms with E-state index in [1.54, 1.807) is 0 Å². The number of amidine groups is 1. The summed E-state index contributed by atoms with van der Waals surface area (Å²) in [5.41, 5.74) is 5.26. The molecule has 0 unspecified atom stereocenters. The predicted octanol–water partition coefficient (Wildman–Crippen LogP) is 0.700. The Morgan fingerprint density at radius 3 is 2.74 bits per heavy atom. The zero-order chi connectivity index (χ0) is 14.0. The van der Waals surface area contributed by atoms with Gasteiger partial charge in [0.25, 0.3) is 0 Å². The van der Waals surface area contributed by atoms with E-state index >= 15 is 0 Å². The van der Waals surface area contributed by atoms with E-state index in [9.17, 15) is 12.8 Å². The van der Waals surface area contributed by atoms with E-state index in [2.05, 4.69) is 4.98 Å². The minimum absolute atomic E-state index is 0.0711. The minimum atomic E-state index is -3.78. The number of sulfonamides is 1. The monoisotopic (exact) mass is 286 g/mol. The SMILES string of the molecule is N=C(N)CCN(C1CC1)S(=O)(=O)c1cncc(F)c1. The zero-order valence-corrected chi connectivity index (χ0v) is 11.0. The third-order valence-corrected chi connectivity index (χ3v) is 4.76. The van der Waals surface area contributed by atoms with E-state index < -0.39 is 15.8 Å². The summed E-state index contributed by atoms with van der Waals surface area (Å²) in [5.74, 6) is -0.762. The Balaban J connectivity index is 2.26. The number of nitrogens with zero attached hydrogens (tertiary/aromatic N) is 2. The molecule has 1 heterocycles. The lowest BCUT2D eigenvalue weighted by molar-refractivity contribution is 0.411. The Morgan fingerprint density at radius 2 is 2.21 bits per heavy atom. The third kappa shape index (κ3) is 3.27. The lowest BCUT2D eigenvalue weighted by atomic mass is 10.4. The largest absolute Gasteiger partial charge is 0.388 e. The molecule has 1 saturated carbocycles. The summed E-state index contributed by atoms with van der Waals surface area (Å²) in [6.45, 7) is 0.138. The number of aromatic nitrogens is 1. The van der Waals surface area contributed by atoms with Crippen LogP contribution < -0.4 is 5.73 Å². The first-order valence-electron chi connectivity index (χ1n) is 5.86. The molecule has 8 heteroatoms. The highest BCUT2D eigenvalue weighted by Gasteiger charge is 2.38. The van der Waals surface area contributed by atoms with Gasteiger partial charge in [-0.25, -0.2) is 12.8 Å². The molecule has 1 aliphatic carbocycles. The van der Waals surface area contributed by atoms with Gasteiger partial charge < -0.3 is 5.73 Å². The quantitative estimate of drug-likeness (QED) is 0.594. The molecule has 0 amide bonds. The van der Waals surface area contributed by atoms with Crippen molar-refractivity contribution in [2.75, 3.05) is 6.54 Å². The number of hydrogen-bond donors (Lipinski definition) is 2. The van der Waals surface area contributed by atoms with Crippen LogP contribution in [0.15, 0.2) is 23.4 Å². The molecule has 0 atom stereocenters. The summed E-state index contributed by atoms with van der Waals surface area (Å²) in [5, 5.41) is 7.18. The molecule has 0 aromatic carbocycles. The molecule has 3 N–H and O–H groups in total. The molecular formula is C11H15FN4O2S. The third-order valence-electron chi connectivity index (χ3n) is 2.84. The van der Waals surface area contributed by atoms with Crippen molar-refractivity contribution in [1.29, 1.82) is 5.41 Å². The summed E-state index contributed by atoms with van der Waals surface area (Å²) in [7, 11) is -3.78. The van der Waals surface area contributed by atoms with Crippen molar-refractivity contribution in [3.05, 3.63) is 24.3 Å². The van der Waals surface area contributed by atoms with E-state index in [1.165, 1.54) is 4.31 Å². The van der Waals surface area contributed by atoms with Gasteiger partial charge in [0.15, 0.2) is 0 Å². The van der Waals surface area contributed by atoms with E-state index in [0.29, 0.717) is 0 Å². The molecule has 0 spiro atoms. The Bertz CT molecular complexity index is 586. The standard InChI is InChI=1S/C11H15FN4O2S/c12-8-5-10(7-15-6-8)19(17,18)16(9-1-2-9)4-3-11(13)14/h5-7,9H,1-4H2,(H3,13,14). The van der Waals surface area contributed by atoms with Gasteiger partial charge in [-0.3, -0.25) is 10.4 Å². The summed E-state index contributed by atoms with van der Waals surface area (Å²) in [6.07, 6.45) is 3.80. The number of rotatable bonds is 6. The number of nitrogens with one attached hydrogen (secondary N) is 1. The highest BCUT2D eigenvalue weighted by atomic mass is 32.2. The number of nitrogens with two attached hydrogens (primary N) is 1. The first-order chi connectivity index (χ1) is 8.91. The van der Waals surface area contributed by atoms with Gasteiger partial charge in [-0.1, -0.05) is 0 Å². The van der Waals surface area contributed by atoms with Crippen molar-refractivity contribution in [2.45, 2.75) is 30.2 Å². The highest BCUT2D eigenvalue weighted by molar-refractivity contribution is 7.89. The fraction of sp³-hybridized carbons (Fsp3) is 0.455. The van der Waals surface area contributed by atoms with Crippen molar-refractivity contribution in [3.8, 4) is 0 Å². The molecule has 0 saturated heterocycles. The summed E-state index contributed by atoms with van der Waals surface area (Å²) < 4.78 is 39.1. The topological polar surface area (TPSA) is 100 Å². The van der Waals surface area contributed by atoms with Crippen LogP contribution in [0.3, 0.4) is 0 Å². The fourth-order valence-corrected chi connectivity index (χ4v) is 3.42. The second-order valence-corrected chi connectivity index (χ2v) is 6.35. The van der Waals surface area contributed by atoms with Crippen LogP contribution in [-0.2, 0) is 10.0 Å². The van der Waals surface area contributed by atoms with E-state index in [0.717, 1.165) is 31.3 Å². The maximum absolute atomic E-state index is 13.1. The molecule has 2 rings (SSSR count). The molecular weight excluding hydrogens is 271 g/mol. The molecule has 104 valence electrons. The molecule has 0 bridgehead atoms. The first-order valence-corrected chi connectivity index (χ1v) is 7.30. The van der Waals surface area contributed by atoms with Crippen molar-refractivity contribution in [3.63, 3.8) is 0 Å². The van der Waals surface area contributed by atoms with Crippen molar-refractivity contribution in [1.82, 2.24) is 9.29 Å². The van der Waals surface area contributed by atoms with Crippen LogP contribution in [-0.4, -0.2) is 36.1 Å². The minimum Gasteiger partial charge on any atom is -0.388 e. The second kappa shape index (κ2) is 5.22. The van der Waals surface area contributed by atoms with Gasteiger partial charge in [0.1, 0.15) is 10.7 Å². The average Bonchev–Trinajstić information content (AvgIpc) is 3.13. The van der Waals surface area contributed by atoms with Gasteiger partial charge >= 0.3 is 0 Å². The Hall–Kier alpha value is -1.54. The highest BCUT2D eigenvalue weighted by Crippen LogP contribution is 2.32. The predicted molar refractivity (Wildman–Crippen MR) is 67.6 cm³/mol. The van der Waals surface area contributed by atoms with E-state index in [1.807, 2.05) is 0 Å². The molecule has 19 heavy (non-hydrogen) atoms. The Labute approximate surface area is 111 Å². The maximum atomic E-state index is 13.1. The molecule has 0 radical (unpaired) electrons.